The Labute approximate surface area is 185 Å². The smallest absolute Gasteiger partial charge is 0.321 e. The van der Waals surface area contributed by atoms with Crippen LogP contribution in [0.5, 0.6) is 0 Å². The van der Waals surface area contributed by atoms with Crippen LogP contribution in [0.25, 0.3) is 16.6 Å². The number of nitrogens with zero attached hydrogens (tertiary/aromatic N) is 2. The van der Waals surface area contributed by atoms with Crippen LogP contribution in [0.1, 0.15) is 21.7 Å². The van der Waals surface area contributed by atoms with Crippen molar-refractivity contribution in [3.63, 3.8) is 0 Å². The molecule has 4 aromatic rings. The van der Waals surface area contributed by atoms with Crippen molar-refractivity contribution in [2.75, 3.05) is 5.32 Å². The first-order valence-corrected chi connectivity index (χ1v) is 9.80. The van der Waals surface area contributed by atoms with E-state index < -0.39 is 17.6 Å². The van der Waals surface area contributed by atoms with Gasteiger partial charge in [0.25, 0.3) is 11.5 Å². The molecule has 0 fully saturated rings. The fraction of sp³-hybridized carbons (Fsp3) is 0.0870. The number of para-hydroxylation sites is 1. The molecule has 1 aromatic heterocycles. The summed E-state index contributed by atoms with van der Waals surface area (Å²) in [5.74, 6) is -0.200. The summed E-state index contributed by atoms with van der Waals surface area (Å²) in [5, 5.41) is 3.22. The summed E-state index contributed by atoms with van der Waals surface area (Å²) >= 11 is 6.21. The Morgan fingerprint density at radius 2 is 1.72 bits per heavy atom. The highest BCUT2D eigenvalue weighted by molar-refractivity contribution is 6.34. The number of fused-ring (bicyclic) bond motifs is 1. The zero-order valence-corrected chi connectivity index (χ0v) is 17.3. The number of rotatable bonds is 3. The lowest BCUT2D eigenvalue weighted by Crippen LogP contribution is -2.22. The van der Waals surface area contributed by atoms with Gasteiger partial charge in [-0.05, 0) is 61.5 Å². The monoisotopic (exact) mass is 457 g/mol. The van der Waals surface area contributed by atoms with Crippen LogP contribution in [-0.4, -0.2) is 15.5 Å². The van der Waals surface area contributed by atoms with Gasteiger partial charge in [0.2, 0.25) is 0 Å². The van der Waals surface area contributed by atoms with E-state index in [1.54, 1.807) is 37.3 Å². The molecule has 0 bridgehead atoms. The standard InChI is InChI=1S/C23H15ClF3N3O2/c1-13-28-19-5-3-2-4-17(19)22(32)30(13)16-10-11-18(24)20(12-16)29-21(31)14-6-8-15(9-7-14)23(25,26)27/h2-12H,1H3,(H,29,31). The number of hydrogen-bond donors (Lipinski definition) is 1. The molecule has 5 nitrogen and oxygen atoms in total. The van der Waals surface area contributed by atoms with Crippen molar-refractivity contribution in [1.82, 2.24) is 9.55 Å². The van der Waals surface area contributed by atoms with E-state index in [0.29, 0.717) is 22.4 Å². The number of carbonyl (C=O) groups excluding carboxylic acids is 1. The molecule has 1 N–H and O–H groups in total. The van der Waals surface area contributed by atoms with E-state index in [1.165, 1.54) is 16.7 Å². The molecule has 32 heavy (non-hydrogen) atoms. The minimum absolute atomic E-state index is 0.0280. The van der Waals surface area contributed by atoms with Crippen molar-refractivity contribution in [3.05, 3.63) is 99.1 Å². The Kier molecular flexibility index (Phi) is 5.48. The van der Waals surface area contributed by atoms with Crippen molar-refractivity contribution in [3.8, 4) is 5.69 Å². The fourth-order valence-electron chi connectivity index (χ4n) is 3.30. The van der Waals surface area contributed by atoms with E-state index in [2.05, 4.69) is 10.3 Å². The molecular formula is C23H15ClF3N3O2. The number of aromatic nitrogens is 2. The number of nitrogens with one attached hydrogen (secondary N) is 1. The van der Waals surface area contributed by atoms with Crippen LogP contribution >= 0.6 is 11.6 Å². The lowest BCUT2D eigenvalue weighted by Gasteiger charge is -2.14. The van der Waals surface area contributed by atoms with E-state index in [0.717, 1.165) is 24.3 Å². The highest BCUT2D eigenvalue weighted by Gasteiger charge is 2.30. The zero-order chi connectivity index (χ0) is 23.0. The summed E-state index contributed by atoms with van der Waals surface area (Å²) in [7, 11) is 0. The normalized spacial score (nSPS) is 11.5. The Bertz CT molecular complexity index is 1400. The number of halogens is 4. The van der Waals surface area contributed by atoms with Gasteiger partial charge in [-0.15, -0.1) is 0 Å². The molecule has 3 aromatic carbocycles. The van der Waals surface area contributed by atoms with E-state index in [1.807, 2.05) is 0 Å². The maximum Gasteiger partial charge on any atom is 0.416 e. The lowest BCUT2D eigenvalue weighted by molar-refractivity contribution is -0.137. The van der Waals surface area contributed by atoms with Gasteiger partial charge >= 0.3 is 6.18 Å². The first-order valence-electron chi connectivity index (χ1n) is 9.42. The summed E-state index contributed by atoms with van der Waals surface area (Å²) in [6.45, 7) is 1.68. The summed E-state index contributed by atoms with van der Waals surface area (Å²) in [4.78, 5) is 30.0. The summed E-state index contributed by atoms with van der Waals surface area (Å²) in [6, 6.07) is 15.4. The van der Waals surface area contributed by atoms with E-state index >= 15 is 0 Å². The van der Waals surface area contributed by atoms with Gasteiger partial charge in [0.15, 0.2) is 0 Å². The second-order valence-corrected chi connectivity index (χ2v) is 7.42. The topological polar surface area (TPSA) is 64.0 Å². The highest BCUT2D eigenvalue weighted by atomic mass is 35.5. The number of carbonyl (C=O) groups is 1. The fourth-order valence-corrected chi connectivity index (χ4v) is 3.47. The number of amides is 1. The second-order valence-electron chi connectivity index (χ2n) is 7.01. The molecule has 1 heterocycles. The molecule has 0 spiro atoms. The molecule has 9 heteroatoms. The molecule has 0 unspecified atom stereocenters. The van der Waals surface area contributed by atoms with Crippen LogP contribution in [0.4, 0.5) is 18.9 Å². The molecule has 4 rings (SSSR count). The van der Waals surface area contributed by atoms with Gasteiger partial charge in [-0.1, -0.05) is 23.7 Å². The molecule has 0 radical (unpaired) electrons. The molecule has 0 atom stereocenters. The molecule has 162 valence electrons. The number of alkyl halides is 3. The third kappa shape index (κ3) is 4.09. The Hall–Kier alpha value is -3.65. The summed E-state index contributed by atoms with van der Waals surface area (Å²) in [5.41, 5.74) is 0.0887. The van der Waals surface area contributed by atoms with Crippen molar-refractivity contribution >= 4 is 34.1 Å². The lowest BCUT2D eigenvalue weighted by atomic mass is 10.1. The van der Waals surface area contributed by atoms with Crippen LogP contribution in [-0.2, 0) is 6.18 Å². The predicted molar refractivity (Wildman–Crippen MR) is 116 cm³/mol. The Morgan fingerprint density at radius 3 is 2.41 bits per heavy atom. The number of anilines is 1. The molecule has 1 amide bonds. The molecule has 0 aliphatic rings. The first-order chi connectivity index (χ1) is 15.1. The van der Waals surface area contributed by atoms with Crippen LogP contribution in [0.3, 0.4) is 0 Å². The van der Waals surface area contributed by atoms with Gasteiger partial charge in [0.05, 0.1) is 32.9 Å². The van der Waals surface area contributed by atoms with Crippen molar-refractivity contribution in [1.29, 1.82) is 0 Å². The quantitative estimate of drug-likeness (QED) is 0.434. The van der Waals surface area contributed by atoms with Gasteiger partial charge in [-0.25, -0.2) is 4.98 Å². The Morgan fingerprint density at radius 1 is 1.03 bits per heavy atom. The molecule has 0 aliphatic carbocycles. The molecular weight excluding hydrogens is 443 g/mol. The van der Waals surface area contributed by atoms with Gasteiger partial charge in [-0.2, -0.15) is 13.2 Å². The van der Waals surface area contributed by atoms with Crippen molar-refractivity contribution in [2.24, 2.45) is 0 Å². The molecule has 0 saturated carbocycles. The molecule has 0 aliphatic heterocycles. The van der Waals surface area contributed by atoms with Crippen LogP contribution in [0, 0.1) is 6.92 Å². The number of benzene rings is 3. The summed E-state index contributed by atoms with van der Waals surface area (Å²) in [6.07, 6.45) is -4.49. The highest BCUT2D eigenvalue weighted by Crippen LogP contribution is 2.30. The van der Waals surface area contributed by atoms with E-state index in [-0.39, 0.29) is 21.8 Å². The minimum Gasteiger partial charge on any atom is -0.321 e. The first kappa shape index (κ1) is 21.6. The van der Waals surface area contributed by atoms with Crippen LogP contribution in [0.2, 0.25) is 5.02 Å². The maximum absolute atomic E-state index is 13.0. The van der Waals surface area contributed by atoms with E-state index in [4.69, 9.17) is 11.6 Å². The van der Waals surface area contributed by atoms with Crippen molar-refractivity contribution in [2.45, 2.75) is 13.1 Å². The predicted octanol–water partition coefficient (Wildman–Crippen LogP) is 5.62. The third-order valence-corrected chi connectivity index (χ3v) is 5.20. The number of hydrogen-bond acceptors (Lipinski definition) is 3. The van der Waals surface area contributed by atoms with Gasteiger partial charge in [-0.3, -0.25) is 14.2 Å². The Balaban J connectivity index is 1.69. The average molecular weight is 458 g/mol. The zero-order valence-electron chi connectivity index (χ0n) is 16.6. The second kappa shape index (κ2) is 8.12. The van der Waals surface area contributed by atoms with Crippen LogP contribution < -0.4 is 10.9 Å². The summed E-state index contributed by atoms with van der Waals surface area (Å²) < 4.78 is 39.6. The van der Waals surface area contributed by atoms with Gasteiger partial charge in [0.1, 0.15) is 5.82 Å². The number of aryl methyl sites for hydroxylation is 1. The largest absolute Gasteiger partial charge is 0.416 e. The third-order valence-electron chi connectivity index (χ3n) is 4.87. The minimum atomic E-state index is -4.49. The average Bonchev–Trinajstić information content (AvgIpc) is 2.75. The molecule has 0 saturated heterocycles. The van der Waals surface area contributed by atoms with Crippen LogP contribution in [0.15, 0.2) is 71.5 Å². The van der Waals surface area contributed by atoms with Gasteiger partial charge in [0, 0.05) is 5.56 Å². The van der Waals surface area contributed by atoms with E-state index in [9.17, 15) is 22.8 Å². The van der Waals surface area contributed by atoms with Gasteiger partial charge < -0.3 is 5.32 Å². The maximum atomic E-state index is 13.0. The SMILES string of the molecule is Cc1nc2ccccc2c(=O)n1-c1ccc(Cl)c(NC(=O)c2ccc(C(F)(F)F)cc2)c1. The van der Waals surface area contributed by atoms with Crippen molar-refractivity contribution < 1.29 is 18.0 Å².